The second-order valence-electron chi connectivity index (χ2n) is 6.96. The largest absolute Gasteiger partial charge is 0.378 e. The number of carbonyl (C=O) groups is 1. The fourth-order valence-corrected chi connectivity index (χ4v) is 3.43. The van der Waals surface area contributed by atoms with Crippen LogP contribution in [0.2, 0.25) is 0 Å². The monoisotopic (exact) mass is 422 g/mol. The molecule has 0 atom stereocenters. The van der Waals surface area contributed by atoms with Gasteiger partial charge in [0, 0.05) is 45.3 Å². The molecule has 0 spiro atoms. The van der Waals surface area contributed by atoms with E-state index in [9.17, 15) is 18.0 Å². The van der Waals surface area contributed by atoms with Crippen molar-refractivity contribution < 1.29 is 22.7 Å². The number of nitrogens with zero attached hydrogens (tertiary/aromatic N) is 5. The number of anilines is 3. The molecule has 11 heteroatoms. The summed E-state index contributed by atoms with van der Waals surface area (Å²) in [4.78, 5) is 26.7. The van der Waals surface area contributed by atoms with Crippen molar-refractivity contribution in [2.75, 3.05) is 67.6 Å². The third-order valence-electron chi connectivity index (χ3n) is 5.14. The van der Waals surface area contributed by atoms with Crippen LogP contribution in [0.5, 0.6) is 0 Å². The highest BCUT2D eigenvalue weighted by Gasteiger charge is 2.24. The molecule has 3 heterocycles. The van der Waals surface area contributed by atoms with E-state index < -0.39 is 29.2 Å². The number of aromatic nitrogens is 2. The van der Waals surface area contributed by atoms with Crippen molar-refractivity contribution in [2.45, 2.75) is 0 Å². The van der Waals surface area contributed by atoms with Crippen LogP contribution in [0.1, 0.15) is 0 Å². The zero-order valence-corrected chi connectivity index (χ0v) is 16.2. The molecule has 0 aliphatic carbocycles. The zero-order chi connectivity index (χ0) is 21.1. The number of hydrogen-bond acceptors (Lipinski definition) is 6. The minimum absolute atomic E-state index is 0.369. The van der Waals surface area contributed by atoms with Gasteiger partial charge in [-0.2, -0.15) is 0 Å². The summed E-state index contributed by atoms with van der Waals surface area (Å²) in [6.45, 7) is 4.63. The van der Waals surface area contributed by atoms with Gasteiger partial charge in [-0.05, 0) is 12.1 Å². The van der Waals surface area contributed by atoms with E-state index in [4.69, 9.17) is 4.74 Å². The second-order valence-corrected chi connectivity index (χ2v) is 6.96. The minimum Gasteiger partial charge on any atom is -0.378 e. The highest BCUT2D eigenvalue weighted by atomic mass is 19.2. The Morgan fingerprint density at radius 3 is 2.20 bits per heavy atom. The summed E-state index contributed by atoms with van der Waals surface area (Å²) in [6.07, 6.45) is 1.52. The van der Waals surface area contributed by atoms with E-state index in [1.807, 2.05) is 11.0 Å². The zero-order valence-electron chi connectivity index (χ0n) is 16.2. The van der Waals surface area contributed by atoms with Crippen LogP contribution in [-0.4, -0.2) is 73.4 Å². The predicted octanol–water partition coefficient (Wildman–Crippen LogP) is 2.08. The van der Waals surface area contributed by atoms with Gasteiger partial charge in [-0.25, -0.2) is 27.9 Å². The van der Waals surface area contributed by atoms with E-state index in [0.717, 1.165) is 36.9 Å². The Morgan fingerprint density at radius 2 is 1.53 bits per heavy atom. The van der Waals surface area contributed by atoms with Gasteiger partial charge < -0.3 is 24.8 Å². The Hall–Kier alpha value is -3.08. The highest BCUT2D eigenvalue weighted by Crippen LogP contribution is 2.22. The number of nitrogens with one attached hydrogen (secondary N) is 1. The first-order valence-electron chi connectivity index (χ1n) is 9.62. The Balaban J connectivity index is 1.36. The predicted molar refractivity (Wildman–Crippen MR) is 104 cm³/mol. The number of carbonyl (C=O) groups excluding carboxylic acids is 1. The fourth-order valence-electron chi connectivity index (χ4n) is 3.43. The highest BCUT2D eigenvalue weighted by molar-refractivity contribution is 5.89. The van der Waals surface area contributed by atoms with Crippen molar-refractivity contribution in [3.05, 3.63) is 42.0 Å². The molecule has 2 aliphatic heterocycles. The van der Waals surface area contributed by atoms with Crippen molar-refractivity contribution in [2.24, 2.45) is 0 Å². The first-order valence-corrected chi connectivity index (χ1v) is 9.62. The van der Waals surface area contributed by atoms with Gasteiger partial charge in [-0.15, -0.1) is 0 Å². The number of morpholine rings is 1. The average Bonchev–Trinajstić information content (AvgIpc) is 2.80. The number of piperazine rings is 1. The van der Waals surface area contributed by atoms with Gasteiger partial charge in [-0.3, -0.25) is 0 Å². The Kier molecular flexibility index (Phi) is 5.88. The Bertz CT molecular complexity index is 917. The number of urea groups is 1. The lowest BCUT2D eigenvalue weighted by Gasteiger charge is -2.36. The molecule has 2 fully saturated rings. The van der Waals surface area contributed by atoms with E-state index in [1.54, 1.807) is 0 Å². The fraction of sp³-hybridized carbons (Fsp3) is 0.421. The van der Waals surface area contributed by atoms with Gasteiger partial charge in [0.05, 0.1) is 18.9 Å². The van der Waals surface area contributed by atoms with Crippen LogP contribution in [0.3, 0.4) is 0 Å². The van der Waals surface area contributed by atoms with E-state index in [0.29, 0.717) is 39.4 Å². The van der Waals surface area contributed by atoms with Crippen LogP contribution >= 0.6 is 0 Å². The molecule has 8 nitrogen and oxygen atoms in total. The van der Waals surface area contributed by atoms with Crippen molar-refractivity contribution >= 4 is 23.4 Å². The third kappa shape index (κ3) is 4.25. The summed E-state index contributed by atoms with van der Waals surface area (Å²) in [7, 11) is 0. The summed E-state index contributed by atoms with van der Waals surface area (Å²) < 4.78 is 45.5. The molecular formula is C19H21F3N6O2. The lowest BCUT2D eigenvalue weighted by atomic mass is 10.2. The van der Waals surface area contributed by atoms with E-state index in [2.05, 4.69) is 20.2 Å². The molecule has 2 aromatic rings. The topological polar surface area (TPSA) is 73.8 Å². The first-order chi connectivity index (χ1) is 14.5. The molecule has 4 rings (SSSR count). The number of ether oxygens (including phenoxy) is 1. The molecular weight excluding hydrogens is 401 g/mol. The molecule has 2 saturated heterocycles. The van der Waals surface area contributed by atoms with Gasteiger partial charge >= 0.3 is 6.03 Å². The quantitative estimate of drug-likeness (QED) is 0.764. The molecule has 30 heavy (non-hydrogen) atoms. The van der Waals surface area contributed by atoms with E-state index >= 15 is 0 Å². The molecule has 1 N–H and O–H groups in total. The smallest absolute Gasteiger partial charge is 0.322 e. The molecule has 0 unspecified atom stereocenters. The van der Waals surface area contributed by atoms with Crippen molar-refractivity contribution in [3.63, 3.8) is 0 Å². The lowest BCUT2D eigenvalue weighted by molar-refractivity contribution is 0.122. The maximum Gasteiger partial charge on any atom is 0.322 e. The molecule has 0 saturated carbocycles. The molecule has 1 aromatic heterocycles. The first kappa shape index (κ1) is 20.2. The van der Waals surface area contributed by atoms with Crippen LogP contribution in [0.15, 0.2) is 24.5 Å². The maximum atomic E-state index is 13.8. The summed E-state index contributed by atoms with van der Waals surface area (Å²) in [5.41, 5.74) is -0.396. The lowest BCUT2D eigenvalue weighted by Crippen LogP contribution is -2.50. The van der Waals surface area contributed by atoms with Crippen molar-refractivity contribution in [3.8, 4) is 0 Å². The number of hydrogen-bond donors (Lipinski definition) is 1. The van der Waals surface area contributed by atoms with Gasteiger partial charge in [0.1, 0.15) is 18.0 Å². The SMILES string of the molecule is O=C(Nc1ccc(F)c(F)c1F)N1CCN(c2cc(N3CCOCC3)ncn2)CC1. The average molecular weight is 422 g/mol. The molecule has 1 aromatic carbocycles. The molecule has 160 valence electrons. The summed E-state index contributed by atoms with van der Waals surface area (Å²) >= 11 is 0. The Morgan fingerprint density at radius 1 is 0.900 bits per heavy atom. The molecule has 0 radical (unpaired) electrons. The Labute approximate surface area is 171 Å². The van der Waals surface area contributed by atoms with Crippen LogP contribution in [0.25, 0.3) is 0 Å². The van der Waals surface area contributed by atoms with Gasteiger partial charge in [0.25, 0.3) is 0 Å². The third-order valence-corrected chi connectivity index (χ3v) is 5.14. The number of rotatable bonds is 3. The normalized spacial score (nSPS) is 17.2. The molecule has 2 amide bonds. The van der Waals surface area contributed by atoms with E-state index in [1.165, 1.54) is 11.2 Å². The van der Waals surface area contributed by atoms with Crippen LogP contribution in [0, 0.1) is 17.5 Å². The maximum absolute atomic E-state index is 13.8. The van der Waals surface area contributed by atoms with Crippen LogP contribution in [-0.2, 0) is 4.74 Å². The number of amides is 2. The van der Waals surface area contributed by atoms with E-state index in [-0.39, 0.29) is 0 Å². The summed E-state index contributed by atoms with van der Waals surface area (Å²) in [5.74, 6) is -2.74. The standard InChI is InChI=1S/C19H21F3N6O2/c20-13-1-2-14(18(22)17(13)21)25-19(29)28-5-3-26(4-6-28)15-11-16(24-12-23-15)27-7-9-30-10-8-27/h1-2,11-12H,3-10H2,(H,25,29). The molecule has 2 aliphatic rings. The van der Waals surface area contributed by atoms with Gasteiger partial charge in [0.2, 0.25) is 0 Å². The van der Waals surface area contributed by atoms with Gasteiger partial charge in [-0.1, -0.05) is 0 Å². The second kappa shape index (κ2) is 8.74. The molecule has 0 bridgehead atoms. The van der Waals surface area contributed by atoms with Crippen molar-refractivity contribution in [1.82, 2.24) is 14.9 Å². The summed E-state index contributed by atoms with van der Waals surface area (Å²) in [6, 6.07) is 3.11. The van der Waals surface area contributed by atoms with Crippen LogP contribution in [0.4, 0.5) is 35.3 Å². The van der Waals surface area contributed by atoms with Crippen molar-refractivity contribution in [1.29, 1.82) is 0 Å². The number of halogens is 3. The minimum atomic E-state index is -1.61. The van der Waals surface area contributed by atoms with Gasteiger partial charge in [0.15, 0.2) is 17.5 Å². The summed E-state index contributed by atoms with van der Waals surface area (Å²) in [5, 5.41) is 2.30. The number of benzene rings is 1. The van der Waals surface area contributed by atoms with Crippen LogP contribution < -0.4 is 15.1 Å².